The van der Waals surface area contributed by atoms with Gasteiger partial charge in [0.1, 0.15) is 6.61 Å². The summed E-state index contributed by atoms with van der Waals surface area (Å²) in [5, 5.41) is 10.7. The number of aliphatic hydroxyl groups is 1. The summed E-state index contributed by atoms with van der Waals surface area (Å²) in [5.41, 5.74) is -0.357. The molecule has 6 nitrogen and oxygen atoms in total. The third-order valence-electron chi connectivity index (χ3n) is 3.64. The normalized spacial score (nSPS) is 23.0. The first-order valence-corrected chi connectivity index (χ1v) is 7.66. The predicted octanol–water partition coefficient (Wildman–Crippen LogP) is 1.65. The van der Waals surface area contributed by atoms with E-state index in [-0.39, 0.29) is 18.9 Å². The number of hydrogen-bond acceptors (Lipinski definition) is 6. The monoisotopic (exact) mass is 322 g/mol. The summed E-state index contributed by atoms with van der Waals surface area (Å²) in [5.74, 6) is -0.829. The second-order valence-corrected chi connectivity index (χ2v) is 5.99. The number of fused-ring (bicyclic) bond motifs is 1. The molecule has 0 amide bonds. The quantitative estimate of drug-likeness (QED) is 0.718. The predicted molar refractivity (Wildman–Crippen MR) is 82.2 cm³/mol. The molecule has 1 atom stereocenters. The molecule has 1 heterocycles. The minimum Gasteiger partial charge on any atom is -0.472 e. The Bertz CT molecular complexity index is 584. The molecular weight excluding hydrogens is 300 g/mol. The summed E-state index contributed by atoms with van der Waals surface area (Å²) in [4.78, 5) is 23.9. The van der Waals surface area contributed by atoms with Gasteiger partial charge in [-0.15, -0.1) is 0 Å². The smallest absolute Gasteiger partial charge is 0.306 e. The number of carbonyl (C=O) groups is 2. The zero-order chi connectivity index (χ0) is 17.0. The summed E-state index contributed by atoms with van der Waals surface area (Å²) < 4.78 is 15.6. The Morgan fingerprint density at radius 2 is 2.13 bits per heavy atom. The standard InChI is InChI=1S/C17H22O6/c1-4-21-7-12-8-22-9-14-13(12)6-15(18)17(14,20)10-23-16(19)5-11(2)3/h6,8-9,11,20H,4-5,7,10H2,1-3H3/t17-/m0/s1. The molecule has 23 heavy (non-hydrogen) atoms. The molecule has 0 aromatic rings. The van der Waals surface area contributed by atoms with Gasteiger partial charge in [0.15, 0.2) is 11.4 Å². The molecular formula is C17H22O6. The topological polar surface area (TPSA) is 82.1 Å². The zero-order valence-corrected chi connectivity index (χ0v) is 13.6. The van der Waals surface area contributed by atoms with Gasteiger partial charge in [-0.05, 0) is 24.5 Å². The zero-order valence-electron chi connectivity index (χ0n) is 13.6. The summed E-state index contributed by atoms with van der Waals surface area (Å²) in [6, 6.07) is 0. The van der Waals surface area contributed by atoms with E-state index in [1.165, 1.54) is 18.6 Å². The van der Waals surface area contributed by atoms with Crippen molar-refractivity contribution in [3.05, 3.63) is 35.3 Å². The van der Waals surface area contributed by atoms with E-state index in [1.807, 2.05) is 20.8 Å². The van der Waals surface area contributed by atoms with Gasteiger partial charge in [0.05, 0.1) is 19.1 Å². The van der Waals surface area contributed by atoms with Gasteiger partial charge >= 0.3 is 5.97 Å². The third-order valence-corrected chi connectivity index (χ3v) is 3.64. The lowest BCUT2D eigenvalue weighted by Gasteiger charge is -2.26. The van der Waals surface area contributed by atoms with Crippen LogP contribution in [0.5, 0.6) is 0 Å². The number of carbonyl (C=O) groups excluding carboxylic acids is 2. The Morgan fingerprint density at radius 3 is 2.78 bits per heavy atom. The maximum absolute atomic E-state index is 12.2. The van der Waals surface area contributed by atoms with E-state index < -0.39 is 24.0 Å². The SMILES string of the molecule is CCOCC1=COC=C2C1=CC(=O)[C@]2(O)COC(=O)CC(C)C. The van der Waals surface area contributed by atoms with Crippen molar-refractivity contribution in [1.29, 1.82) is 0 Å². The molecule has 6 heteroatoms. The Hall–Kier alpha value is -1.92. The van der Waals surface area contributed by atoms with Crippen LogP contribution >= 0.6 is 0 Å². The van der Waals surface area contributed by atoms with Crippen molar-refractivity contribution in [2.75, 3.05) is 19.8 Å². The molecule has 0 saturated carbocycles. The summed E-state index contributed by atoms with van der Waals surface area (Å²) in [6.07, 6.45) is 4.36. The molecule has 1 N–H and O–H groups in total. The average molecular weight is 322 g/mol. The van der Waals surface area contributed by atoms with Crippen LogP contribution in [0.3, 0.4) is 0 Å². The largest absolute Gasteiger partial charge is 0.472 e. The molecule has 2 aliphatic rings. The number of ether oxygens (including phenoxy) is 3. The lowest BCUT2D eigenvalue weighted by atomic mass is 9.91. The first-order valence-electron chi connectivity index (χ1n) is 7.66. The van der Waals surface area contributed by atoms with Crippen LogP contribution in [-0.2, 0) is 23.8 Å². The molecule has 0 spiro atoms. The Morgan fingerprint density at radius 1 is 1.39 bits per heavy atom. The van der Waals surface area contributed by atoms with Crippen molar-refractivity contribution in [2.24, 2.45) is 5.92 Å². The number of hydrogen-bond donors (Lipinski definition) is 1. The number of ketones is 1. The van der Waals surface area contributed by atoms with E-state index in [2.05, 4.69) is 0 Å². The van der Waals surface area contributed by atoms with Crippen molar-refractivity contribution >= 4 is 11.8 Å². The van der Waals surface area contributed by atoms with Crippen LogP contribution in [0.1, 0.15) is 27.2 Å². The minimum atomic E-state index is -1.90. The molecule has 0 aromatic carbocycles. The molecule has 0 fully saturated rings. The molecule has 2 rings (SSSR count). The molecule has 0 bridgehead atoms. The minimum absolute atomic E-state index is 0.142. The maximum atomic E-state index is 12.2. The highest BCUT2D eigenvalue weighted by Crippen LogP contribution is 2.39. The second kappa shape index (κ2) is 7.10. The van der Waals surface area contributed by atoms with Crippen LogP contribution in [0.2, 0.25) is 0 Å². The maximum Gasteiger partial charge on any atom is 0.306 e. The number of rotatable bonds is 7. The number of esters is 1. The van der Waals surface area contributed by atoms with E-state index in [0.717, 1.165) is 0 Å². The van der Waals surface area contributed by atoms with E-state index in [9.17, 15) is 14.7 Å². The summed E-state index contributed by atoms with van der Waals surface area (Å²) in [7, 11) is 0. The van der Waals surface area contributed by atoms with Gasteiger partial charge in [-0.2, -0.15) is 0 Å². The highest BCUT2D eigenvalue weighted by molar-refractivity contribution is 6.06. The van der Waals surface area contributed by atoms with E-state index in [4.69, 9.17) is 14.2 Å². The van der Waals surface area contributed by atoms with Crippen LogP contribution in [0, 0.1) is 5.92 Å². The first-order chi connectivity index (χ1) is 10.9. The van der Waals surface area contributed by atoms with Crippen LogP contribution in [0.15, 0.2) is 35.3 Å². The molecule has 0 aromatic heterocycles. The van der Waals surface area contributed by atoms with Crippen molar-refractivity contribution in [3.63, 3.8) is 0 Å². The Labute approximate surface area is 135 Å². The van der Waals surface area contributed by atoms with Crippen LogP contribution in [-0.4, -0.2) is 42.3 Å². The Kier molecular flexibility index (Phi) is 5.38. The van der Waals surface area contributed by atoms with Gasteiger partial charge in [-0.25, -0.2) is 0 Å². The summed E-state index contributed by atoms with van der Waals surface area (Å²) >= 11 is 0. The van der Waals surface area contributed by atoms with Crippen LogP contribution in [0.4, 0.5) is 0 Å². The lowest BCUT2D eigenvalue weighted by molar-refractivity contribution is -0.153. The molecule has 0 saturated heterocycles. The van der Waals surface area contributed by atoms with E-state index >= 15 is 0 Å². The fourth-order valence-corrected chi connectivity index (χ4v) is 2.41. The van der Waals surface area contributed by atoms with Gasteiger partial charge in [0.25, 0.3) is 0 Å². The molecule has 126 valence electrons. The average Bonchev–Trinajstić information content (AvgIpc) is 2.75. The van der Waals surface area contributed by atoms with Gasteiger partial charge in [-0.1, -0.05) is 13.8 Å². The highest BCUT2D eigenvalue weighted by atomic mass is 16.5. The molecule has 1 aliphatic carbocycles. The fraction of sp³-hybridized carbons (Fsp3) is 0.529. The van der Waals surface area contributed by atoms with Gasteiger partial charge in [-0.3, -0.25) is 9.59 Å². The lowest BCUT2D eigenvalue weighted by Crippen LogP contribution is -2.42. The van der Waals surface area contributed by atoms with Crippen LogP contribution in [0.25, 0.3) is 0 Å². The first kappa shape index (κ1) is 17.4. The van der Waals surface area contributed by atoms with E-state index in [0.29, 0.717) is 23.3 Å². The van der Waals surface area contributed by atoms with Crippen molar-refractivity contribution in [1.82, 2.24) is 0 Å². The highest BCUT2D eigenvalue weighted by Gasteiger charge is 2.48. The molecule has 0 unspecified atom stereocenters. The van der Waals surface area contributed by atoms with Crippen LogP contribution < -0.4 is 0 Å². The molecule has 0 radical (unpaired) electrons. The third kappa shape index (κ3) is 3.71. The fourth-order valence-electron chi connectivity index (χ4n) is 2.41. The summed E-state index contributed by atoms with van der Waals surface area (Å²) in [6.45, 7) is 6.01. The molecule has 1 aliphatic heterocycles. The van der Waals surface area contributed by atoms with Gasteiger partial charge in [0.2, 0.25) is 0 Å². The second-order valence-electron chi connectivity index (χ2n) is 5.99. The van der Waals surface area contributed by atoms with Crippen molar-refractivity contribution < 1.29 is 28.9 Å². The van der Waals surface area contributed by atoms with Gasteiger partial charge in [0, 0.05) is 24.2 Å². The van der Waals surface area contributed by atoms with E-state index in [1.54, 1.807) is 0 Å². The van der Waals surface area contributed by atoms with Crippen molar-refractivity contribution in [3.8, 4) is 0 Å². The van der Waals surface area contributed by atoms with Crippen molar-refractivity contribution in [2.45, 2.75) is 32.8 Å². The van der Waals surface area contributed by atoms with Gasteiger partial charge < -0.3 is 19.3 Å². The Balaban J connectivity index is 2.09.